The summed E-state index contributed by atoms with van der Waals surface area (Å²) in [5, 5.41) is 12.4. The number of anilines is 6. The minimum atomic E-state index is 1.01. The molecule has 0 radical (unpaired) electrons. The maximum absolute atomic E-state index is 4.99. The fraction of sp³-hybridized carbons (Fsp3) is 0. The van der Waals surface area contributed by atoms with Crippen molar-refractivity contribution in [2.75, 3.05) is 9.80 Å². The van der Waals surface area contributed by atoms with Crippen molar-refractivity contribution in [3.8, 4) is 55.8 Å². The number of hydrogen-bond acceptors (Lipinski definition) is 8. The number of aromatic nitrogens is 2. The summed E-state index contributed by atoms with van der Waals surface area (Å²) in [7, 11) is 0. The smallest absolute Gasteiger partial charge is 0.0795 e. The van der Waals surface area contributed by atoms with E-state index in [0.717, 1.165) is 62.1 Å². The first-order valence-corrected chi connectivity index (χ1v) is 34.8. The molecule has 0 saturated heterocycles. The second kappa shape index (κ2) is 22.3. The summed E-state index contributed by atoms with van der Waals surface area (Å²) in [6, 6.07) is 110. The summed E-state index contributed by atoms with van der Waals surface area (Å²) in [5.41, 5.74) is 18.1. The lowest BCUT2D eigenvalue weighted by Gasteiger charge is -2.27. The van der Waals surface area contributed by atoms with E-state index in [4.69, 9.17) is 4.98 Å². The maximum Gasteiger partial charge on any atom is 0.0795 e. The average Bonchev–Trinajstić information content (AvgIpc) is 1.51. The van der Waals surface area contributed by atoms with E-state index in [1.807, 2.05) is 63.9 Å². The topological polar surface area (TPSA) is 32.3 Å². The first-order valence-electron chi connectivity index (χ1n) is 31.5. The summed E-state index contributed by atoms with van der Waals surface area (Å²) in [4.78, 5) is 14.2. The van der Waals surface area contributed by atoms with Crippen LogP contribution in [0.1, 0.15) is 0 Å². The van der Waals surface area contributed by atoms with Crippen LogP contribution in [-0.4, -0.2) is 9.97 Å². The van der Waals surface area contributed by atoms with Gasteiger partial charge in [0, 0.05) is 133 Å². The Morgan fingerprint density at radius 2 is 0.713 bits per heavy atom. The molecule has 0 amide bonds. The van der Waals surface area contributed by atoms with Gasteiger partial charge in [0.25, 0.3) is 0 Å². The van der Waals surface area contributed by atoms with Gasteiger partial charge in [-0.1, -0.05) is 170 Å². The van der Waals surface area contributed by atoms with Crippen LogP contribution in [0, 0.1) is 0 Å². The molecular formula is C86H52N4S4. The Morgan fingerprint density at radius 1 is 0.245 bits per heavy atom. The Hall–Kier alpha value is -11.1. The molecule has 0 N–H and O–H groups in total. The lowest BCUT2D eigenvalue weighted by Crippen LogP contribution is -2.10. The molecule has 440 valence electrons. The Labute approximate surface area is 558 Å². The molecule has 0 aliphatic rings. The van der Waals surface area contributed by atoms with E-state index in [-0.39, 0.29) is 0 Å². The summed E-state index contributed by atoms with van der Waals surface area (Å²) in [6.07, 6.45) is 5.81. The quantitative estimate of drug-likeness (QED) is 0.129. The van der Waals surface area contributed by atoms with Gasteiger partial charge >= 0.3 is 0 Å². The van der Waals surface area contributed by atoms with Crippen LogP contribution in [0.15, 0.2) is 316 Å². The fourth-order valence-corrected chi connectivity index (χ4v) is 18.5. The van der Waals surface area contributed by atoms with Crippen LogP contribution in [0.25, 0.3) is 147 Å². The second-order valence-electron chi connectivity index (χ2n) is 24.0. The van der Waals surface area contributed by atoms with Crippen LogP contribution >= 0.6 is 45.3 Å². The molecular weight excluding hydrogens is 1220 g/mol. The summed E-state index contributed by atoms with van der Waals surface area (Å²) in [6.45, 7) is 0. The molecule has 19 aromatic rings. The summed E-state index contributed by atoms with van der Waals surface area (Å²) < 4.78 is 10.2. The predicted octanol–water partition coefficient (Wildman–Crippen LogP) is 26.4. The van der Waals surface area contributed by atoms with Crippen LogP contribution in [0.5, 0.6) is 0 Å². The number of pyridine rings is 2. The average molecular weight is 1270 g/mol. The van der Waals surface area contributed by atoms with Crippen molar-refractivity contribution in [2.24, 2.45) is 0 Å². The Kier molecular flexibility index (Phi) is 13.0. The molecule has 0 aliphatic heterocycles. The SMILES string of the molecule is c1ccc2c(-c3ccc(-c4ccc(N(c5ccc(-c6ccc7c(c6)sc6ccncc67)cc5)c5cccc6sc7ccccc7c56)cc4)cc3)cc(-c3ccc(N(c4ccc(-c5nccc6sc7ccccc7c56)cc4)c4ccc5sc6ccccc6c5c4)cc3)cc2c1. The molecule has 0 unspecified atom stereocenters. The standard InChI is InChI=1S/C86H52N4S4/c1-2-11-67-60(10-1)48-61(56-28-33-62(34-29-56)89(66-41-43-79-73(51-66)68-12-3-6-16-76(68)91-79)63-39-30-58(31-40-63)86-85-71-14-5-8-18-78(71)93-82(85)45-47-88-86)49-72(67)57-22-20-53(21-23-57)54-24-35-64(36-25-54)90(75-15-9-19-81-84(75)70-13-4-7-17-77(70)92-81)65-37-26-55(27-38-65)59-32-42-69-74-52-87-46-44-80(74)94-83(69)50-59/h1-52H. The molecule has 0 atom stereocenters. The number of nitrogens with zero attached hydrogens (tertiary/aromatic N) is 4. The van der Waals surface area contributed by atoms with E-state index in [0.29, 0.717) is 0 Å². The van der Waals surface area contributed by atoms with E-state index in [1.165, 1.54) is 119 Å². The van der Waals surface area contributed by atoms with Gasteiger partial charge in [0.05, 0.1) is 11.4 Å². The van der Waals surface area contributed by atoms with Gasteiger partial charge < -0.3 is 9.80 Å². The third kappa shape index (κ3) is 9.28. The molecule has 6 aromatic heterocycles. The van der Waals surface area contributed by atoms with E-state index >= 15 is 0 Å². The van der Waals surface area contributed by atoms with Crippen molar-refractivity contribution in [2.45, 2.75) is 0 Å². The zero-order chi connectivity index (χ0) is 61.8. The Bertz CT molecular complexity index is 6160. The van der Waals surface area contributed by atoms with Gasteiger partial charge in [0.1, 0.15) is 0 Å². The highest BCUT2D eigenvalue weighted by Gasteiger charge is 2.22. The van der Waals surface area contributed by atoms with Gasteiger partial charge in [0.15, 0.2) is 0 Å². The van der Waals surface area contributed by atoms with Crippen molar-refractivity contribution >= 4 is 171 Å². The van der Waals surface area contributed by atoms with Crippen LogP contribution in [0.4, 0.5) is 34.1 Å². The lowest BCUT2D eigenvalue weighted by molar-refractivity contribution is 1.29. The first kappa shape index (κ1) is 54.6. The normalized spacial score (nSPS) is 11.8. The van der Waals surface area contributed by atoms with Crippen molar-refractivity contribution in [1.82, 2.24) is 9.97 Å². The van der Waals surface area contributed by atoms with E-state index in [1.54, 1.807) is 0 Å². The maximum atomic E-state index is 4.99. The van der Waals surface area contributed by atoms with Crippen LogP contribution in [-0.2, 0) is 0 Å². The molecule has 0 spiro atoms. The fourth-order valence-electron chi connectivity index (χ4n) is 14.1. The zero-order valence-electron chi connectivity index (χ0n) is 50.4. The number of rotatable bonds is 11. The molecule has 8 heteroatoms. The molecule has 0 fully saturated rings. The van der Waals surface area contributed by atoms with Crippen LogP contribution < -0.4 is 9.80 Å². The lowest BCUT2D eigenvalue weighted by atomic mass is 9.92. The zero-order valence-corrected chi connectivity index (χ0v) is 53.7. The Balaban J connectivity index is 0.645. The van der Waals surface area contributed by atoms with Gasteiger partial charge in [0.2, 0.25) is 0 Å². The molecule has 13 aromatic carbocycles. The van der Waals surface area contributed by atoms with Crippen LogP contribution in [0.3, 0.4) is 0 Å². The highest BCUT2D eigenvalue weighted by Crippen LogP contribution is 2.48. The largest absolute Gasteiger partial charge is 0.310 e. The monoisotopic (exact) mass is 1270 g/mol. The molecule has 19 rings (SSSR count). The molecule has 0 aliphatic carbocycles. The second-order valence-corrected chi connectivity index (χ2v) is 28.4. The predicted molar refractivity (Wildman–Crippen MR) is 408 cm³/mol. The molecule has 0 bridgehead atoms. The van der Waals surface area contributed by atoms with Crippen LogP contribution in [0.2, 0.25) is 0 Å². The first-order chi connectivity index (χ1) is 46.5. The minimum absolute atomic E-state index is 1.01. The van der Waals surface area contributed by atoms with Gasteiger partial charge in [-0.05, 0) is 183 Å². The Morgan fingerprint density at radius 3 is 1.41 bits per heavy atom. The van der Waals surface area contributed by atoms with Crippen molar-refractivity contribution in [1.29, 1.82) is 0 Å². The van der Waals surface area contributed by atoms with Crippen molar-refractivity contribution in [3.63, 3.8) is 0 Å². The third-order valence-corrected chi connectivity index (χ3v) is 23.2. The van der Waals surface area contributed by atoms with Gasteiger partial charge in [-0.3, -0.25) is 9.97 Å². The highest BCUT2D eigenvalue weighted by atomic mass is 32.1. The molecule has 4 nitrogen and oxygen atoms in total. The number of fused-ring (bicyclic) bond motifs is 13. The minimum Gasteiger partial charge on any atom is -0.310 e. The van der Waals surface area contributed by atoms with Gasteiger partial charge in [-0.25, -0.2) is 0 Å². The summed E-state index contributed by atoms with van der Waals surface area (Å²) >= 11 is 7.35. The van der Waals surface area contributed by atoms with E-state index in [2.05, 4.69) is 312 Å². The number of hydrogen-bond donors (Lipinski definition) is 0. The third-order valence-electron chi connectivity index (χ3n) is 18.6. The highest BCUT2D eigenvalue weighted by molar-refractivity contribution is 7.27. The molecule has 94 heavy (non-hydrogen) atoms. The van der Waals surface area contributed by atoms with E-state index in [9.17, 15) is 0 Å². The van der Waals surface area contributed by atoms with Gasteiger partial charge in [-0.15, -0.1) is 45.3 Å². The number of thiophene rings is 4. The summed E-state index contributed by atoms with van der Waals surface area (Å²) in [5.74, 6) is 0. The van der Waals surface area contributed by atoms with Crippen molar-refractivity contribution in [3.05, 3.63) is 316 Å². The van der Waals surface area contributed by atoms with Crippen molar-refractivity contribution < 1.29 is 0 Å². The molecule has 0 saturated carbocycles. The van der Waals surface area contributed by atoms with E-state index < -0.39 is 0 Å². The van der Waals surface area contributed by atoms with Gasteiger partial charge in [-0.2, -0.15) is 0 Å². The number of benzene rings is 13. The molecule has 6 heterocycles.